The molecular weight excluding hydrogens is 350 g/mol. The van der Waals surface area contributed by atoms with Gasteiger partial charge in [-0.05, 0) is 48.2 Å². The summed E-state index contributed by atoms with van der Waals surface area (Å²) in [5, 5.41) is 0. The van der Waals surface area contributed by atoms with E-state index in [1.807, 2.05) is 37.3 Å². The maximum atomic E-state index is 12.2. The third-order valence-electron chi connectivity index (χ3n) is 4.02. The van der Waals surface area contributed by atoms with Gasteiger partial charge in [-0.25, -0.2) is 0 Å². The zero-order chi connectivity index (χ0) is 19.1. The van der Waals surface area contributed by atoms with Crippen molar-refractivity contribution in [2.45, 2.75) is 19.8 Å². The highest BCUT2D eigenvalue weighted by Crippen LogP contribution is 2.23. The highest BCUT2D eigenvalue weighted by atomic mass is 19.3. The summed E-state index contributed by atoms with van der Waals surface area (Å²) in [6.07, 6.45) is 3.55. The van der Waals surface area contributed by atoms with Crippen molar-refractivity contribution in [1.82, 2.24) is 0 Å². The van der Waals surface area contributed by atoms with Crippen LogP contribution in [0.25, 0.3) is 11.1 Å². The Bertz CT molecular complexity index is 809. The monoisotopic (exact) mass is 370 g/mol. The maximum absolute atomic E-state index is 12.2. The summed E-state index contributed by atoms with van der Waals surface area (Å²) in [5.74, 6) is 6.45. The number of benzene rings is 2. The number of halogens is 2. The number of alkyl halides is 2. The van der Waals surface area contributed by atoms with Gasteiger partial charge in [0.25, 0.3) is 0 Å². The van der Waals surface area contributed by atoms with E-state index in [1.165, 1.54) is 12.1 Å². The van der Waals surface area contributed by atoms with Crippen LogP contribution in [0, 0.1) is 17.8 Å². The molecule has 0 atom stereocenters. The Morgan fingerprint density at radius 2 is 1.59 bits per heavy atom. The van der Waals surface area contributed by atoms with Crippen LogP contribution < -0.4 is 4.74 Å². The Morgan fingerprint density at radius 3 is 2.15 bits per heavy atom. The van der Waals surface area contributed by atoms with Crippen molar-refractivity contribution >= 4 is 0 Å². The number of ether oxygens (including phenoxy) is 3. The van der Waals surface area contributed by atoms with Crippen molar-refractivity contribution in [2.24, 2.45) is 5.92 Å². The first-order chi connectivity index (χ1) is 13.1. The smallest absolute Gasteiger partial charge is 0.387 e. The van der Waals surface area contributed by atoms with Crippen LogP contribution in [0.15, 0.2) is 60.7 Å². The third-order valence-corrected chi connectivity index (χ3v) is 4.02. The molecule has 0 aromatic heterocycles. The Balaban J connectivity index is 1.60. The molecule has 1 fully saturated rings. The molecule has 0 aliphatic carbocycles. The molecular formula is C22H20F2O3. The Hall–Kier alpha value is -2.68. The molecule has 0 amide bonds. The summed E-state index contributed by atoms with van der Waals surface area (Å²) in [5.41, 5.74) is 2.72. The first-order valence-electron chi connectivity index (χ1n) is 8.67. The predicted octanol–water partition coefficient (Wildman–Crippen LogP) is 4.87. The van der Waals surface area contributed by atoms with Gasteiger partial charge in [0, 0.05) is 11.5 Å². The minimum Gasteiger partial charge on any atom is -0.435 e. The lowest BCUT2D eigenvalue weighted by atomic mass is 10.0. The molecule has 140 valence electrons. The number of hydrogen-bond acceptors (Lipinski definition) is 3. The standard InChI is InChI=1S/C22H20F2O3/c1-2-3-17-14-25-21(26-15-17)13-6-16-4-7-18(8-5-16)19-9-11-20(12-10-19)27-22(23)24/h2-5,7-12,17,21-22H,14-15H2,1H3/b3-2+/t17-,21-. The molecule has 2 aromatic carbocycles. The normalized spacial score (nSPS) is 19.7. The topological polar surface area (TPSA) is 27.7 Å². The van der Waals surface area contributed by atoms with Crippen molar-refractivity contribution in [3.8, 4) is 28.7 Å². The molecule has 0 radical (unpaired) electrons. The zero-order valence-electron chi connectivity index (χ0n) is 14.9. The highest BCUT2D eigenvalue weighted by Gasteiger charge is 2.18. The number of rotatable bonds is 4. The summed E-state index contributed by atoms with van der Waals surface area (Å²) in [4.78, 5) is 0. The van der Waals surface area contributed by atoms with Crippen LogP contribution in [0.4, 0.5) is 8.78 Å². The molecule has 0 saturated carbocycles. The number of allylic oxidation sites excluding steroid dienone is 1. The van der Waals surface area contributed by atoms with Gasteiger partial charge in [-0.1, -0.05) is 42.3 Å². The molecule has 0 unspecified atom stereocenters. The Labute approximate surface area is 157 Å². The lowest BCUT2D eigenvalue weighted by molar-refractivity contribution is -0.160. The van der Waals surface area contributed by atoms with E-state index in [4.69, 9.17) is 9.47 Å². The summed E-state index contributed by atoms with van der Waals surface area (Å²) in [6.45, 7) is 0.364. The van der Waals surface area contributed by atoms with Crippen LogP contribution in [-0.2, 0) is 9.47 Å². The van der Waals surface area contributed by atoms with Crippen LogP contribution >= 0.6 is 0 Å². The lowest BCUT2D eigenvalue weighted by Crippen LogP contribution is -2.30. The van der Waals surface area contributed by atoms with E-state index in [1.54, 1.807) is 12.1 Å². The summed E-state index contributed by atoms with van der Waals surface area (Å²) < 4.78 is 39.9. The quantitative estimate of drug-likeness (QED) is 0.568. The van der Waals surface area contributed by atoms with Gasteiger partial charge >= 0.3 is 6.61 Å². The van der Waals surface area contributed by atoms with Crippen molar-refractivity contribution in [3.05, 3.63) is 66.2 Å². The predicted molar refractivity (Wildman–Crippen MR) is 99.4 cm³/mol. The van der Waals surface area contributed by atoms with Gasteiger partial charge in [-0.15, -0.1) is 0 Å². The van der Waals surface area contributed by atoms with Gasteiger partial charge in [0.05, 0.1) is 13.2 Å². The fourth-order valence-corrected chi connectivity index (χ4v) is 2.70. The fraction of sp³-hybridized carbons (Fsp3) is 0.273. The molecule has 1 aliphatic rings. The van der Waals surface area contributed by atoms with E-state index in [0.29, 0.717) is 13.2 Å². The molecule has 3 rings (SSSR count). The third kappa shape index (κ3) is 5.65. The molecule has 0 bridgehead atoms. The van der Waals surface area contributed by atoms with E-state index in [0.717, 1.165) is 16.7 Å². The van der Waals surface area contributed by atoms with Gasteiger partial charge in [0.2, 0.25) is 6.29 Å². The maximum Gasteiger partial charge on any atom is 0.387 e. The lowest BCUT2D eigenvalue weighted by Gasteiger charge is -2.24. The molecule has 0 spiro atoms. The van der Waals surface area contributed by atoms with Crippen molar-refractivity contribution in [1.29, 1.82) is 0 Å². The van der Waals surface area contributed by atoms with E-state index in [-0.39, 0.29) is 11.7 Å². The van der Waals surface area contributed by atoms with Crippen molar-refractivity contribution in [3.63, 3.8) is 0 Å². The average Bonchev–Trinajstić information content (AvgIpc) is 2.68. The van der Waals surface area contributed by atoms with Crippen LogP contribution in [0.1, 0.15) is 12.5 Å². The first kappa shape index (κ1) is 19.1. The fourth-order valence-electron chi connectivity index (χ4n) is 2.70. The Kier molecular flexibility index (Phi) is 6.59. The van der Waals surface area contributed by atoms with Gasteiger partial charge in [-0.3, -0.25) is 0 Å². The second-order valence-electron chi connectivity index (χ2n) is 6.03. The van der Waals surface area contributed by atoms with Crippen molar-refractivity contribution in [2.75, 3.05) is 13.2 Å². The van der Waals surface area contributed by atoms with Gasteiger partial charge in [0.15, 0.2) is 0 Å². The second-order valence-corrected chi connectivity index (χ2v) is 6.03. The minimum absolute atomic E-state index is 0.139. The Morgan fingerprint density at radius 1 is 1.00 bits per heavy atom. The molecule has 5 heteroatoms. The molecule has 1 aliphatic heterocycles. The second kappa shape index (κ2) is 9.31. The summed E-state index contributed by atoms with van der Waals surface area (Å²) in [7, 11) is 0. The van der Waals surface area contributed by atoms with Crippen LogP contribution in [-0.4, -0.2) is 26.1 Å². The molecule has 1 saturated heterocycles. The largest absolute Gasteiger partial charge is 0.435 e. The van der Waals surface area contributed by atoms with Crippen molar-refractivity contribution < 1.29 is 23.0 Å². The van der Waals surface area contributed by atoms with Crippen LogP contribution in [0.3, 0.4) is 0 Å². The van der Waals surface area contributed by atoms with Gasteiger partial charge < -0.3 is 14.2 Å². The molecule has 2 aromatic rings. The molecule has 27 heavy (non-hydrogen) atoms. The van der Waals surface area contributed by atoms with Crippen LogP contribution in [0.2, 0.25) is 0 Å². The van der Waals surface area contributed by atoms with E-state index >= 15 is 0 Å². The average molecular weight is 370 g/mol. The molecule has 3 nitrogen and oxygen atoms in total. The van der Waals surface area contributed by atoms with Gasteiger partial charge in [0.1, 0.15) is 5.75 Å². The summed E-state index contributed by atoms with van der Waals surface area (Å²) in [6, 6.07) is 14.2. The summed E-state index contributed by atoms with van der Waals surface area (Å²) >= 11 is 0. The van der Waals surface area contributed by atoms with E-state index in [9.17, 15) is 8.78 Å². The minimum atomic E-state index is -2.82. The molecule has 0 N–H and O–H groups in total. The first-order valence-corrected chi connectivity index (χ1v) is 8.67. The van der Waals surface area contributed by atoms with Gasteiger partial charge in [-0.2, -0.15) is 8.78 Å². The SMILES string of the molecule is C/C=C/[C@H]1CO[C@H](C#Cc2ccc(-c3ccc(OC(F)F)cc3)cc2)OC1. The van der Waals surface area contributed by atoms with Crippen LogP contribution in [0.5, 0.6) is 5.75 Å². The highest BCUT2D eigenvalue weighted by molar-refractivity contribution is 5.65. The zero-order valence-corrected chi connectivity index (χ0v) is 14.9. The van der Waals surface area contributed by atoms with E-state index < -0.39 is 12.9 Å². The van der Waals surface area contributed by atoms with E-state index in [2.05, 4.69) is 22.7 Å². The number of hydrogen-bond donors (Lipinski definition) is 0. The molecule has 1 heterocycles.